The summed E-state index contributed by atoms with van der Waals surface area (Å²) in [6.07, 6.45) is -4.45. The van der Waals surface area contributed by atoms with Gasteiger partial charge in [0.05, 0.1) is 0 Å². The molecule has 0 saturated heterocycles. The highest BCUT2D eigenvalue weighted by Gasteiger charge is 2.14. The van der Waals surface area contributed by atoms with Crippen LogP contribution >= 0.6 is 22.6 Å². The summed E-state index contributed by atoms with van der Waals surface area (Å²) in [5, 5.41) is 0. The summed E-state index contributed by atoms with van der Waals surface area (Å²) in [5.41, 5.74) is 0. The van der Waals surface area contributed by atoms with Crippen molar-refractivity contribution in [3.05, 3.63) is 12.2 Å². The third kappa shape index (κ3) is 4.68. The molecule has 0 N–H and O–H groups in total. The van der Waals surface area contributed by atoms with Gasteiger partial charge in [0, 0.05) is 6.08 Å². The van der Waals surface area contributed by atoms with Crippen molar-refractivity contribution in [1.29, 1.82) is 0 Å². The van der Waals surface area contributed by atoms with Gasteiger partial charge in [0.15, 0.2) is 10.4 Å². The van der Waals surface area contributed by atoms with E-state index in [0.717, 1.165) is 22.6 Å². The molecule has 0 saturated carbocycles. The fourth-order valence-electron chi connectivity index (χ4n) is 0.193. The maximum absolute atomic E-state index is 11.8. The molecule has 54 valence electrons. The second kappa shape index (κ2) is 4.08. The van der Waals surface area contributed by atoms with Crippen LogP contribution in [0.4, 0.5) is 17.6 Å². The summed E-state index contributed by atoms with van der Waals surface area (Å²) < 4.78 is 43.8. The summed E-state index contributed by atoms with van der Waals surface area (Å²) in [6.45, 7) is 0. The van der Waals surface area contributed by atoms with Crippen LogP contribution in [0.15, 0.2) is 12.2 Å². The van der Waals surface area contributed by atoms with Gasteiger partial charge in [-0.2, -0.15) is 8.78 Å². The minimum atomic E-state index is -2.20. The molecule has 5 heteroatoms. The standard InChI is InChI=1S/C4H3F4I/c5-2(4(8)9)1-3(6)7/h1-2,4H. The van der Waals surface area contributed by atoms with Gasteiger partial charge in [-0.3, -0.25) is 0 Å². The largest absolute Gasteiger partial charge is 0.269 e. The molecule has 0 aromatic carbocycles. The van der Waals surface area contributed by atoms with Gasteiger partial charge in [-0.1, -0.05) is 0 Å². The van der Waals surface area contributed by atoms with Gasteiger partial charge in [0.25, 0.3) is 6.08 Å². The van der Waals surface area contributed by atoms with Gasteiger partial charge in [-0.25, -0.2) is 8.78 Å². The van der Waals surface area contributed by atoms with E-state index in [-0.39, 0.29) is 6.08 Å². The number of allylic oxidation sites excluding steroid dienone is 1. The van der Waals surface area contributed by atoms with Crippen LogP contribution in [0.5, 0.6) is 0 Å². The molecule has 0 nitrogen and oxygen atoms in total. The number of rotatable bonds is 2. The van der Waals surface area contributed by atoms with Crippen molar-refractivity contribution in [1.82, 2.24) is 0 Å². The van der Waals surface area contributed by atoms with Crippen LogP contribution in [0.2, 0.25) is 0 Å². The summed E-state index contributed by atoms with van der Waals surface area (Å²) in [5.74, 6) is 0. The van der Waals surface area contributed by atoms with Crippen molar-refractivity contribution in [2.75, 3.05) is 0 Å². The van der Waals surface area contributed by atoms with E-state index in [2.05, 4.69) is 0 Å². The second-order valence-electron chi connectivity index (χ2n) is 1.24. The van der Waals surface area contributed by atoms with Crippen LogP contribution in [0.3, 0.4) is 0 Å². The van der Waals surface area contributed by atoms with E-state index >= 15 is 0 Å². The Morgan fingerprint density at radius 3 is 1.89 bits per heavy atom. The van der Waals surface area contributed by atoms with Crippen LogP contribution in [-0.4, -0.2) is 10.4 Å². The summed E-state index contributed by atoms with van der Waals surface area (Å²) in [4.78, 5) is 0. The van der Waals surface area contributed by atoms with Gasteiger partial charge >= 0.3 is 0 Å². The van der Waals surface area contributed by atoms with Gasteiger partial charge in [0.2, 0.25) is 0 Å². The summed E-state index contributed by atoms with van der Waals surface area (Å²) in [7, 11) is 0. The first-order valence-corrected chi connectivity index (χ1v) is 3.23. The number of alkyl halides is 3. The van der Waals surface area contributed by atoms with Crippen LogP contribution in [0.1, 0.15) is 0 Å². The molecular formula is C4H3F4I. The lowest BCUT2D eigenvalue weighted by atomic mass is 10.4. The van der Waals surface area contributed by atoms with Gasteiger partial charge in [-0.05, 0) is 22.6 Å². The second-order valence-corrected chi connectivity index (χ2v) is 2.43. The molecule has 2 atom stereocenters. The van der Waals surface area contributed by atoms with Crippen molar-refractivity contribution >= 4 is 22.6 Å². The summed E-state index contributed by atoms with van der Waals surface area (Å²) >= 11 is 1.08. The molecule has 0 aliphatic carbocycles. The van der Waals surface area contributed by atoms with E-state index in [4.69, 9.17) is 0 Å². The lowest BCUT2D eigenvalue weighted by Gasteiger charge is -1.98. The molecule has 0 aliphatic heterocycles. The molecule has 0 aromatic heterocycles. The third-order valence-corrected chi connectivity index (χ3v) is 1.21. The van der Waals surface area contributed by atoms with Crippen molar-refractivity contribution in [3.63, 3.8) is 0 Å². The predicted octanol–water partition coefficient (Wildman–Crippen LogP) is 2.84. The Bertz CT molecular complexity index is 107. The van der Waals surface area contributed by atoms with Crippen LogP contribution in [0.25, 0.3) is 0 Å². The lowest BCUT2D eigenvalue weighted by molar-refractivity contribution is 0.282. The summed E-state index contributed by atoms with van der Waals surface area (Å²) in [6, 6.07) is 0. The fraction of sp³-hybridized carbons (Fsp3) is 0.500. The highest BCUT2D eigenvalue weighted by atomic mass is 127. The van der Waals surface area contributed by atoms with E-state index < -0.39 is 16.4 Å². The monoisotopic (exact) mass is 254 g/mol. The minimum Gasteiger partial charge on any atom is -0.239 e. The SMILES string of the molecule is FC(F)=CC(F)C(F)I. The molecule has 0 bridgehead atoms. The first-order chi connectivity index (χ1) is 4.04. The molecule has 2 unspecified atom stereocenters. The quantitative estimate of drug-likeness (QED) is 0.403. The molecule has 0 fully saturated rings. The normalized spacial score (nSPS) is 16.6. The number of halogens is 5. The number of hydrogen-bond acceptors (Lipinski definition) is 0. The van der Waals surface area contributed by atoms with Crippen LogP contribution in [0, 0.1) is 0 Å². The Hall–Kier alpha value is 0.190. The third-order valence-electron chi connectivity index (χ3n) is 0.526. The molecule has 9 heavy (non-hydrogen) atoms. The van der Waals surface area contributed by atoms with Crippen molar-refractivity contribution in [2.24, 2.45) is 0 Å². The molecule has 0 aliphatic rings. The highest BCUT2D eigenvalue weighted by Crippen LogP contribution is 2.14. The average molecular weight is 254 g/mol. The minimum absolute atomic E-state index is 0.0584. The molecule has 0 spiro atoms. The van der Waals surface area contributed by atoms with E-state index in [0.29, 0.717) is 0 Å². The first-order valence-electron chi connectivity index (χ1n) is 1.99. The Morgan fingerprint density at radius 1 is 1.33 bits per heavy atom. The van der Waals surface area contributed by atoms with Crippen LogP contribution in [-0.2, 0) is 0 Å². The van der Waals surface area contributed by atoms with E-state index in [1.807, 2.05) is 0 Å². The topological polar surface area (TPSA) is 0 Å². The zero-order valence-electron chi connectivity index (χ0n) is 4.12. The average Bonchev–Trinajstić information content (AvgIpc) is 1.63. The van der Waals surface area contributed by atoms with Crippen LogP contribution < -0.4 is 0 Å². The van der Waals surface area contributed by atoms with Crippen molar-refractivity contribution in [2.45, 2.75) is 10.4 Å². The van der Waals surface area contributed by atoms with Gasteiger partial charge < -0.3 is 0 Å². The molecule has 0 aromatic rings. The Kier molecular flexibility index (Phi) is 4.16. The molecule has 0 rings (SSSR count). The predicted molar refractivity (Wildman–Crippen MR) is 34.1 cm³/mol. The highest BCUT2D eigenvalue weighted by molar-refractivity contribution is 14.1. The first kappa shape index (κ1) is 9.19. The van der Waals surface area contributed by atoms with Crippen molar-refractivity contribution < 1.29 is 17.6 Å². The Balaban J connectivity index is 3.76. The van der Waals surface area contributed by atoms with E-state index in [9.17, 15) is 17.6 Å². The maximum atomic E-state index is 11.8. The molecule has 0 amide bonds. The fourth-order valence-corrected chi connectivity index (χ4v) is 0.401. The molecular weight excluding hydrogens is 251 g/mol. The zero-order chi connectivity index (χ0) is 7.44. The Labute approximate surface area is 63.1 Å². The van der Waals surface area contributed by atoms with Gasteiger partial charge in [-0.15, -0.1) is 0 Å². The Morgan fingerprint density at radius 2 is 1.78 bits per heavy atom. The van der Waals surface area contributed by atoms with Crippen molar-refractivity contribution in [3.8, 4) is 0 Å². The van der Waals surface area contributed by atoms with E-state index in [1.54, 1.807) is 0 Å². The van der Waals surface area contributed by atoms with Gasteiger partial charge in [0.1, 0.15) is 0 Å². The zero-order valence-corrected chi connectivity index (χ0v) is 6.28. The smallest absolute Gasteiger partial charge is 0.239 e. The maximum Gasteiger partial charge on any atom is 0.269 e. The molecule has 0 heterocycles. The number of hydrogen-bond donors (Lipinski definition) is 0. The molecule has 0 radical (unpaired) electrons. The lowest BCUT2D eigenvalue weighted by Crippen LogP contribution is -2.05. The van der Waals surface area contributed by atoms with E-state index in [1.165, 1.54) is 0 Å².